The number of nitro groups is 1. The second-order valence-electron chi connectivity index (χ2n) is 3.65. The van der Waals surface area contributed by atoms with Crippen molar-refractivity contribution in [3.63, 3.8) is 0 Å². The fraction of sp³-hybridized carbons (Fsp3) is 0.0833. The summed E-state index contributed by atoms with van der Waals surface area (Å²) in [4.78, 5) is 13.9. The Labute approximate surface area is 117 Å². The van der Waals surface area contributed by atoms with Crippen molar-refractivity contribution in [3.8, 4) is 11.6 Å². The van der Waals surface area contributed by atoms with Crippen LogP contribution in [-0.2, 0) is 0 Å². The van der Waals surface area contributed by atoms with Crippen LogP contribution in [0.15, 0.2) is 36.5 Å². The number of hydrogen-bond donors (Lipinski definition) is 0. The quantitative estimate of drug-likeness (QED) is 0.478. The molecule has 0 aliphatic carbocycles. The molecule has 0 spiro atoms. The van der Waals surface area contributed by atoms with Gasteiger partial charge < -0.3 is 4.74 Å². The van der Waals surface area contributed by atoms with E-state index in [2.05, 4.69) is 27.6 Å². The summed E-state index contributed by atoms with van der Waals surface area (Å²) in [6.45, 7) is 1.96. The Balaban J connectivity index is 2.23. The van der Waals surface area contributed by atoms with Gasteiger partial charge in [-0.1, -0.05) is 6.07 Å². The number of benzene rings is 1. The van der Waals surface area contributed by atoms with E-state index in [0.717, 1.165) is 9.13 Å². The van der Waals surface area contributed by atoms with Crippen molar-refractivity contribution in [2.45, 2.75) is 6.92 Å². The molecule has 18 heavy (non-hydrogen) atoms. The highest BCUT2D eigenvalue weighted by atomic mass is 127. The molecule has 0 N–H and O–H groups in total. The molecule has 1 aromatic heterocycles. The van der Waals surface area contributed by atoms with Gasteiger partial charge in [0.2, 0.25) is 5.88 Å². The molecule has 0 atom stereocenters. The van der Waals surface area contributed by atoms with Gasteiger partial charge in [-0.15, -0.1) is 0 Å². The molecule has 0 saturated heterocycles. The Morgan fingerprint density at radius 3 is 2.72 bits per heavy atom. The largest absolute Gasteiger partial charge is 0.438 e. The standard InChI is InChI=1S/C12H9IN2O3/c1-8-2-4-10(13)11(6-8)18-12-5-3-9(7-14-12)15(16)17/h2-7H,1H3. The average Bonchev–Trinajstić information content (AvgIpc) is 2.34. The van der Waals surface area contributed by atoms with Crippen LogP contribution in [0.3, 0.4) is 0 Å². The SMILES string of the molecule is Cc1ccc(I)c(Oc2ccc([N+](=O)[O-])cn2)c1. The van der Waals surface area contributed by atoms with E-state index in [-0.39, 0.29) is 5.69 Å². The van der Waals surface area contributed by atoms with Gasteiger partial charge >= 0.3 is 0 Å². The van der Waals surface area contributed by atoms with Crippen LogP contribution >= 0.6 is 22.6 Å². The minimum Gasteiger partial charge on any atom is -0.438 e. The van der Waals surface area contributed by atoms with Crippen LogP contribution in [0.25, 0.3) is 0 Å². The lowest BCUT2D eigenvalue weighted by molar-refractivity contribution is -0.385. The normalized spacial score (nSPS) is 10.1. The highest BCUT2D eigenvalue weighted by molar-refractivity contribution is 14.1. The summed E-state index contributed by atoms with van der Waals surface area (Å²) >= 11 is 2.16. The molecule has 6 heteroatoms. The lowest BCUT2D eigenvalue weighted by Gasteiger charge is -2.07. The molecule has 0 fully saturated rings. The molecular weight excluding hydrogens is 347 g/mol. The van der Waals surface area contributed by atoms with Crippen molar-refractivity contribution < 1.29 is 9.66 Å². The fourth-order valence-electron chi connectivity index (χ4n) is 1.34. The topological polar surface area (TPSA) is 65.3 Å². The smallest absolute Gasteiger partial charge is 0.287 e. The number of nitrogens with zero attached hydrogens (tertiary/aromatic N) is 2. The summed E-state index contributed by atoms with van der Waals surface area (Å²) in [6.07, 6.45) is 1.18. The van der Waals surface area contributed by atoms with Crippen molar-refractivity contribution in [3.05, 3.63) is 55.8 Å². The van der Waals surface area contributed by atoms with Crippen molar-refractivity contribution in [1.82, 2.24) is 4.98 Å². The molecule has 0 bridgehead atoms. The first-order valence-electron chi connectivity index (χ1n) is 5.11. The molecule has 92 valence electrons. The van der Waals surface area contributed by atoms with E-state index in [4.69, 9.17) is 4.74 Å². The first-order valence-corrected chi connectivity index (χ1v) is 6.18. The number of pyridine rings is 1. The zero-order valence-corrected chi connectivity index (χ0v) is 11.6. The van der Waals surface area contributed by atoms with Crippen LogP contribution in [-0.4, -0.2) is 9.91 Å². The Hall–Kier alpha value is -1.70. The summed E-state index contributed by atoms with van der Waals surface area (Å²) in [5.74, 6) is 1.03. The molecule has 0 aliphatic rings. The first kappa shape index (κ1) is 12.7. The molecule has 0 saturated carbocycles. The molecule has 0 aliphatic heterocycles. The van der Waals surface area contributed by atoms with Gasteiger partial charge in [-0.25, -0.2) is 4.98 Å². The Morgan fingerprint density at radius 2 is 2.11 bits per heavy atom. The third-order valence-electron chi connectivity index (χ3n) is 2.23. The van der Waals surface area contributed by atoms with Crippen LogP contribution in [0, 0.1) is 20.6 Å². The minimum atomic E-state index is -0.493. The summed E-state index contributed by atoms with van der Waals surface area (Å²) in [6, 6.07) is 8.67. The molecule has 0 unspecified atom stereocenters. The third kappa shape index (κ3) is 2.95. The molecular formula is C12H9IN2O3. The fourth-order valence-corrected chi connectivity index (χ4v) is 1.79. The predicted molar refractivity (Wildman–Crippen MR) is 74.9 cm³/mol. The Kier molecular flexibility index (Phi) is 3.75. The maximum Gasteiger partial charge on any atom is 0.287 e. The van der Waals surface area contributed by atoms with E-state index in [1.165, 1.54) is 18.3 Å². The molecule has 5 nitrogen and oxygen atoms in total. The lowest BCUT2D eigenvalue weighted by Crippen LogP contribution is -1.93. The predicted octanol–water partition coefficient (Wildman–Crippen LogP) is 3.70. The summed E-state index contributed by atoms with van der Waals surface area (Å²) in [5.41, 5.74) is 1.02. The first-order chi connectivity index (χ1) is 8.56. The van der Waals surface area contributed by atoms with Crippen LogP contribution < -0.4 is 4.74 Å². The van der Waals surface area contributed by atoms with Gasteiger partial charge in [0.25, 0.3) is 5.69 Å². The monoisotopic (exact) mass is 356 g/mol. The van der Waals surface area contributed by atoms with E-state index in [0.29, 0.717) is 11.6 Å². The molecule has 1 aromatic carbocycles. The molecule has 1 heterocycles. The van der Waals surface area contributed by atoms with Gasteiger partial charge in [0.15, 0.2) is 0 Å². The average molecular weight is 356 g/mol. The molecule has 2 rings (SSSR count). The Morgan fingerprint density at radius 1 is 1.33 bits per heavy atom. The zero-order chi connectivity index (χ0) is 13.1. The van der Waals surface area contributed by atoms with Gasteiger partial charge in [-0.3, -0.25) is 10.1 Å². The molecule has 0 amide bonds. The second kappa shape index (κ2) is 5.30. The molecule has 2 aromatic rings. The van der Waals surface area contributed by atoms with Crippen molar-refractivity contribution in [2.24, 2.45) is 0 Å². The van der Waals surface area contributed by atoms with E-state index in [1.54, 1.807) is 0 Å². The van der Waals surface area contributed by atoms with Gasteiger partial charge in [0.1, 0.15) is 11.9 Å². The zero-order valence-electron chi connectivity index (χ0n) is 9.46. The van der Waals surface area contributed by atoms with Crippen molar-refractivity contribution in [2.75, 3.05) is 0 Å². The van der Waals surface area contributed by atoms with E-state index in [1.807, 2.05) is 25.1 Å². The number of hydrogen-bond acceptors (Lipinski definition) is 4. The summed E-state index contributed by atoms with van der Waals surface area (Å²) in [7, 11) is 0. The number of ether oxygens (including phenoxy) is 1. The van der Waals surface area contributed by atoms with Gasteiger partial charge in [0, 0.05) is 12.1 Å². The highest BCUT2D eigenvalue weighted by Crippen LogP contribution is 2.27. The maximum atomic E-state index is 10.5. The van der Waals surface area contributed by atoms with E-state index >= 15 is 0 Å². The third-order valence-corrected chi connectivity index (χ3v) is 3.12. The van der Waals surface area contributed by atoms with Crippen LogP contribution in [0.5, 0.6) is 11.6 Å². The van der Waals surface area contributed by atoms with E-state index in [9.17, 15) is 10.1 Å². The summed E-state index contributed by atoms with van der Waals surface area (Å²) in [5, 5.41) is 10.5. The number of aryl methyl sites for hydroxylation is 1. The van der Waals surface area contributed by atoms with Gasteiger partial charge in [0.05, 0.1) is 8.49 Å². The summed E-state index contributed by atoms with van der Waals surface area (Å²) < 4.78 is 6.54. The van der Waals surface area contributed by atoms with Crippen LogP contribution in [0.2, 0.25) is 0 Å². The minimum absolute atomic E-state index is 0.0544. The lowest BCUT2D eigenvalue weighted by atomic mass is 10.2. The number of halogens is 1. The van der Waals surface area contributed by atoms with Crippen LogP contribution in [0.4, 0.5) is 5.69 Å². The number of rotatable bonds is 3. The van der Waals surface area contributed by atoms with Crippen molar-refractivity contribution in [1.29, 1.82) is 0 Å². The van der Waals surface area contributed by atoms with E-state index < -0.39 is 4.92 Å². The van der Waals surface area contributed by atoms with Gasteiger partial charge in [-0.05, 0) is 47.2 Å². The van der Waals surface area contributed by atoms with Crippen LogP contribution in [0.1, 0.15) is 5.56 Å². The highest BCUT2D eigenvalue weighted by Gasteiger charge is 2.08. The maximum absolute atomic E-state index is 10.5. The van der Waals surface area contributed by atoms with Crippen molar-refractivity contribution >= 4 is 28.3 Å². The molecule has 0 radical (unpaired) electrons. The second-order valence-corrected chi connectivity index (χ2v) is 4.81. The Bertz CT molecular complexity index is 584. The number of aromatic nitrogens is 1. The van der Waals surface area contributed by atoms with Gasteiger partial charge in [-0.2, -0.15) is 0 Å².